The molecule has 1 fully saturated rings. The molecule has 0 amide bonds. The van der Waals surface area contributed by atoms with Gasteiger partial charge in [0.15, 0.2) is 0 Å². The van der Waals surface area contributed by atoms with Crippen LogP contribution in [0.2, 0.25) is 0 Å². The van der Waals surface area contributed by atoms with Crippen molar-refractivity contribution in [1.29, 1.82) is 0 Å². The summed E-state index contributed by atoms with van der Waals surface area (Å²) in [5.41, 5.74) is 1.65. The zero-order chi connectivity index (χ0) is 21.0. The molecular formula is C21H22F3N3OS. The first-order valence-electron chi connectivity index (χ1n) is 9.36. The molecule has 154 valence electrons. The fraction of sp³-hybridized carbons (Fsp3) is 0.381. The fourth-order valence-electron chi connectivity index (χ4n) is 3.34. The summed E-state index contributed by atoms with van der Waals surface area (Å²) in [6.07, 6.45) is -2.89. The number of halogens is 3. The Kier molecular flexibility index (Phi) is 4.53. The standard InChI is InChI=1S/C21H22F3N3OS/c1-19(2,3)29(28)27-15-7-8-16-17(12-15)26-18(25-16)20(9-10-20)13-5-4-6-14(11-13)21(22,23)24/h4-8,11-12,27H,9-10H2,1-3H3,(H,25,26). The number of aromatic nitrogens is 2. The molecule has 0 spiro atoms. The number of hydrogen-bond donors (Lipinski definition) is 2. The number of alkyl halides is 3. The summed E-state index contributed by atoms with van der Waals surface area (Å²) in [6.45, 7) is 5.65. The molecule has 0 aliphatic heterocycles. The Hall–Kier alpha value is -2.35. The number of H-pyrrole nitrogens is 1. The number of benzene rings is 2. The third-order valence-electron chi connectivity index (χ3n) is 5.19. The summed E-state index contributed by atoms with van der Waals surface area (Å²) in [4.78, 5) is 7.92. The van der Waals surface area contributed by atoms with E-state index in [-0.39, 0.29) is 0 Å². The quantitative estimate of drug-likeness (QED) is 0.581. The largest absolute Gasteiger partial charge is 0.416 e. The number of aromatic amines is 1. The van der Waals surface area contributed by atoms with Crippen LogP contribution in [0, 0.1) is 0 Å². The zero-order valence-corrected chi connectivity index (χ0v) is 17.2. The van der Waals surface area contributed by atoms with E-state index in [1.165, 1.54) is 12.1 Å². The summed E-state index contributed by atoms with van der Waals surface area (Å²) in [5.74, 6) is 0.668. The van der Waals surface area contributed by atoms with Crippen LogP contribution < -0.4 is 4.72 Å². The van der Waals surface area contributed by atoms with Crippen LogP contribution in [0.3, 0.4) is 0 Å². The summed E-state index contributed by atoms with van der Waals surface area (Å²) < 4.78 is 54.3. The van der Waals surface area contributed by atoms with Gasteiger partial charge in [-0.25, -0.2) is 9.19 Å². The lowest BCUT2D eigenvalue weighted by molar-refractivity contribution is -0.137. The van der Waals surface area contributed by atoms with Crippen LogP contribution in [-0.2, 0) is 22.6 Å². The van der Waals surface area contributed by atoms with Gasteiger partial charge in [-0.2, -0.15) is 13.2 Å². The van der Waals surface area contributed by atoms with Crippen LogP contribution in [0.1, 0.15) is 50.6 Å². The smallest absolute Gasteiger partial charge is 0.341 e. The van der Waals surface area contributed by atoms with Gasteiger partial charge in [0.1, 0.15) is 16.8 Å². The van der Waals surface area contributed by atoms with Gasteiger partial charge in [-0.05, 0) is 63.4 Å². The molecule has 29 heavy (non-hydrogen) atoms. The van der Waals surface area contributed by atoms with Gasteiger partial charge in [0.05, 0.1) is 26.8 Å². The van der Waals surface area contributed by atoms with Crippen molar-refractivity contribution < 1.29 is 17.4 Å². The van der Waals surface area contributed by atoms with Crippen LogP contribution in [0.25, 0.3) is 11.0 Å². The fourth-order valence-corrected chi connectivity index (χ4v) is 3.99. The van der Waals surface area contributed by atoms with Crippen LogP contribution in [0.15, 0.2) is 42.5 Å². The maximum atomic E-state index is 13.1. The van der Waals surface area contributed by atoms with Crippen molar-refractivity contribution in [3.63, 3.8) is 0 Å². The molecule has 4 nitrogen and oxygen atoms in total. The van der Waals surface area contributed by atoms with Crippen LogP contribution in [-0.4, -0.2) is 18.9 Å². The zero-order valence-electron chi connectivity index (χ0n) is 16.4. The van der Waals surface area contributed by atoms with E-state index in [4.69, 9.17) is 0 Å². The second-order valence-electron chi connectivity index (χ2n) is 8.46. The van der Waals surface area contributed by atoms with Crippen LogP contribution in [0.5, 0.6) is 0 Å². The molecule has 0 saturated heterocycles. The number of nitrogens with one attached hydrogen (secondary N) is 2. The molecule has 4 rings (SSSR count). The maximum absolute atomic E-state index is 13.1. The molecular weight excluding hydrogens is 399 g/mol. The van der Waals surface area contributed by atoms with E-state index in [0.717, 1.165) is 29.9 Å². The Morgan fingerprint density at radius 3 is 2.45 bits per heavy atom. The van der Waals surface area contributed by atoms with Gasteiger partial charge in [-0.1, -0.05) is 18.2 Å². The lowest BCUT2D eigenvalue weighted by atomic mass is 9.93. The van der Waals surface area contributed by atoms with Gasteiger partial charge in [-0.15, -0.1) is 0 Å². The van der Waals surface area contributed by atoms with E-state index in [9.17, 15) is 17.4 Å². The van der Waals surface area contributed by atoms with Gasteiger partial charge < -0.3 is 9.71 Å². The van der Waals surface area contributed by atoms with E-state index < -0.39 is 32.9 Å². The van der Waals surface area contributed by atoms with Crippen molar-refractivity contribution in [3.05, 3.63) is 59.4 Å². The molecule has 2 N–H and O–H groups in total. The maximum Gasteiger partial charge on any atom is 0.416 e. The summed E-state index contributed by atoms with van der Waals surface area (Å²) in [6, 6.07) is 10.9. The lowest BCUT2D eigenvalue weighted by Crippen LogP contribution is -2.27. The SMILES string of the molecule is CC(C)(C)S(=O)Nc1ccc2nc(C3(c4cccc(C(F)(F)F)c4)CC3)[nH]c2c1. The summed E-state index contributed by atoms with van der Waals surface area (Å²) in [7, 11) is -1.26. The first-order chi connectivity index (χ1) is 13.5. The summed E-state index contributed by atoms with van der Waals surface area (Å²) in [5, 5.41) is 0. The predicted molar refractivity (Wildman–Crippen MR) is 109 cm³/mol. The highest BCUT2D eigenvalue weighted by Crippen LogP contribution is 2.53. The molecule has 8 heteroatoms. The van der Waals surface area contributed by atoms with Gasteiger partial charge >= 0.3 is 6.18 Å². The van der Waals surface area contributed by atoms with E-state index >= 15 is 0 Å². The van der Waals surface area contributed by atoms with Gasteiger partial charge in [-0.3, -0.25) is 0 Å². The van der Waals surface area contributed by atoms with E-state index in [1.807, 2.05) is 32.9 Å². The topological polar surface area (TPSA) is 57.8 Å². The lowest BCUT2D eigenvalue weighted by Gasteiger charge is -2.18. The highest BCUT2D eigenvalue weighted by Gasteiger charge is 2.49. The van der Waals surface area contributed by atoms with E-state index in [2.05, 4.69) is 14.7 Å². The van der Waals surface area contributed by atoms with Crippen molar-refractivity contribution >= 4 is 27.7 Å². The minimum absolute atomic E-state index is 0.407. The van der Waals surface area contributed by atoms with Crippen molar-refractivity contribution in [1.82, 2.24) is 9.97 Å². The molecule has 1 unspecified atom stereocenters. The summed E-state index contributed by atoms with van der Waals surface area (Å²) >= 11 is 0. The Bertz CT molecular complexity index is 1090. The van der Waals surface area contributed by atoms with Crippen molar-refractivity contribution in [2.75, 3.05) is 4.72 Å². The predicted octanol–water partition coefficient (Wildman–Crippen LogP) is 5.54. The number of anilines is 1. The van der Waals surface area contributed by atoms with Gasteiger partial charge in [0.2, 0.25) is 0 Å². The van der Waals surface area contributed by atoms with Crippen molar-refractivity contribution in [2.45, 2.75) is 50.0 Å². The molecule has 3 aromatic rings. The van der Waals surface area contributed by atoms with Crippen LogP contribution >= 0.6 is 0 Å². The third-order valence-corrected chi connectivity index (χ3v) is 6.73. The Morgan fingerprint density at radius 2 is 1.83 bits per heavy atom. The first-order valence-corrected chi connectivity index (χ1v) is 10.5. The third kappa shape index (κ3) is 3.77. The minimum atomic E-state index is -4.37. The number of imidazole rings is 1. The highest BCUT2D eigenvalue weighted by atomic mass is 32.2. The van der Waals surface area contributed by atoms with Crippen molar-refractivity contribution in [3.8, 4) is 0 Å². The normalized spacial score (nSPS) is 17.3. The first kappa shape index (κ1) is 19.9. The van der Waals surface area contributed by atoms with Crippen molar-refractivity contribution in [2.24, 2.45) is 0 Å². The van der Waals surface area contributed by atoms with Gasteiger partial charge in [0.25, 0.3) is 0 Å². The second-order valence-corrected chi connectivity index (χ2v) is 10.4. The number of rotatable bonds is 4. The molecule has 1 aliphatic rings. The second kappa shape index (κ2) is 6.58. The van der Waals surface area contributed by atoms with E-state index in [1.54, 1.807) is 12.1 Å². The van der Waals surface area contributed by atoms with Gasteiger partial charge in [0, 0.05) is 5.69 Å². The van der Waals surface area contributed by atoms with Crippen LogP contribution in [0.4, 0.5) is 18.9 Å². The molecule has 1 aromatic heterocycles. The number of fused-ring (bicyclic) bond motifs is 1. The molecule has 0 bridgehead atoms. The average Bonchev–Trinajstić information content (AvgIpc) is 3.34. The minimum Gasteiger partial charge on any atom is -0.341 e. The molecule has 1 aliphatic carbocycles. The molecule has 1 atom stereocenters. The number of nitrogens with zero attached hydrogens (tertiary/aromatic N) is 1. The Morgan fingerprint density at radius 1 is 1.10 bits per heavy atom. The highest BCUT2D eigenvalue weighted by molar-refractivity contribution is 7.87. The Labute approximate surface area is 169 Å². The number of hydrogen-bond acceptors (Lipinski definition) is 2. The molecule has 2 aromatic carbocycles. The van der Waals surface area contributed by atoms with E-state index in [0.29, 0.717) is 17.1 Å². The molecule has 1 saturated carbocycles. The molecule has 1 heterocycles. The monoisotopic (exact) mass is 421 g/mol. The molecule has 0 radical (unpaired) electrons. The Balaban J connectivity index is 1.67. The average molecular weight is 421 g/mol.